The van der Waals surface area contributed by atoms with Crippen LogP contribution < -0.4 is 15.4 Å². The van der Waals surface area contributed by atoms with Gasteiger partial charge in [0.25, 0.3) is 15.9 Å². The van der Waals surface area contributed by atoms with Gasteiger partial charge in [-0.1, -0.05) is 32.0 Å². The molecule has 0 unspecified atom stereocenters. The van der Waals surface area contributed by atoms with Gasteiger partial charge in [0.05, 0.1) is 4.90 Å². The van der Waals surface area contributed by atoms with Crippen molar-refractivity contribution >= 4 is 27.7 Å². The van der Waals surface area contributed by atoms with Crippen LogP contribution in [-0.4, -0.2) is 50.3 Å². The Morgan fingerprint density at radius 1 is 1.06 bits per heavy atom. The lowest BCUT2D eigenvalue weighted by atomic mass is 10.0. The highest BCUT2D eigenvalue weighted by Crippen LogP contribution is 2.23. The van der Waals surface area contributed by atoms with Gasteiger partial charge >= 0.3 is 0 Å². The van der Waals surface area contributed by atoms with Gasteiger partial charge in [-0.25, -0.2) is 8.42 Å². The van der Waals surface area contributed by atoms with Crippen LogP contribution in [0.2, 0.25) is 0 Å². The number of sulfonamides is 1. The van der Waals surface area contributed by atoms with Gasteiger partial charge in [0.1, 0.15) is 17.6 Å². The van der Waals surface area contributed by atoms with Crippen LogP contribution in [0.25, 0.3) is 0 Å². The van der Waals surface area contributed by atoms with Crippen molar-refractivity contribution in [2.45, 2.75) is 31.2 Å². The minimum Gasteiger partial charge on any atom is -0.508 e. The summed E-state index contributed by atoms with van der Waals surface area (Å²) >= 11 is 0. The number of fused-ring (bicyclic) bond motifs is 1. The topological polar surface area (TPSA) is 137 Å². The van der Waals surface area contributed by atoms with Crippen LogP contribution >= 0.6 is 0 Å². The van der Waals surface area contributed by atoms with Gasteiger partial charge in [0.2, 0.25) is 5.91 Å². The van der Waals surface area contributed by atoms with Crippen LogP contribution in [0.15, 0.2) is 58.4 Å². The number of benzene rings is 2. The Bertz CT molecular complexity index is 1140. The zero-order valence-electron chi connectivity index (χ0n) is 17.8. The van der Waals surface area contributed by atoms with E-state index in [1.54, 1.807) is 30.3 Å². The van der Waals surface area contributed by atoms with E-state index < -0.39 is 16.1 Å². The molecule has 0 aromatic heterocycles. The van der Waals surface area contributed by atoms with Crippen LogP contribution in [0.5, 0.6) is 5.75 Å². The number of phenolic OH excluding ortho intramolecular Hbond substituents is 1. The molecule has 0 saturated heterocycles. The second-order valence-corrected chi connectivity index (χ2v) is 9.37. The number of nitrogens with zero attached hydrogens (tertiary/aromatic N) is 1. The Morgan fingerprint density at radius 2 is 1.78 bits per heavy atom. The highest BCUT2D eigenvalue weighted by atomic mass is 32.2. The third-order valence-corrected chi connectivity index (χ3v) is 6.27. The molecule has 10 heteroatoms. The van der Waals surface area contributed by atoms with Crippen LogP contribution in [0.3, 0.4) is 0 Å². The van der Waals surface area contributed by atoms with Crippen molar-refractivity contribution < 1.29 is 23.1 Å². The molecule has 1 heterocycles. The number of aromatic hydroxyl groups is 1. The van der Waals surface area contributed by atoms with E-state index in [1.165, 1.54) is 18.2 Å². The van der Waals surface area contributed by atoms with Gasteiger partial charge in [-0.15, -0.1) is 0 Å². The lowest BCUT2D eigenvalue weighted by Crippen LogP contribution is -2.39. The fourth-order valence-corrected chi connectivity index (χ4v) is 4.47. The summed E-state index contributed by atoms with van der Waals surface area (Å²) < 4.78 is 26.9. The molecule has 1 aliphatic rings. The van der Waals surface area contributed by atoms with E-state index in [-0.39, 0.29) is 34.2 Å². The summed E-state index contributed by atoms with van der Waals surface area (Å²) in [5.74, 6) is -0.627. The average molecular weight is 459 g/mol. The molecule has 0 spiro atoms. The van der Waals surface area contributed by atoms with E-state index in [2.05, 4.69) is 20.3 Å². The highest BCUT2D eigenvalue weighted by Gasteiger charge is 2.32. The molecule has 170 valence electrons. The maximum Gasteiger partial charge on any atom is 0.263 e. The molecule has 0 bridgehead atoms. The summed E-state index contributed by atoms with van der Waals surface area (Å²) in [6.07, 6.45) is 0.493. The first-order chi connectivity index (χ1) is 15.2. The van der Waals surface area contributed by atoms with Crippen molar-refractivity contribution in [2.24, 2.45) is 10.9 Å². The third kappa shape index (κ3) is 5.44. The Hall–Kier alpha value is -3.40. The van der Waals surface area contributed by atoms with Gasteiger partial charge in [-0.05, 0) is 42.7 Å². The number of amides is 2. The molecule has 0 fully saturated rings. The molecule has 4 N–H and O–H groups in total. The second kappa shape index (κ2) is 9.82. The molecule has 2 aromatic rings. The van der Waals surface area contributed by atoms with E-state index in [0.29, 0.717) is 30.6 Å². The number of phenols is 1. The number of hydrogen-bond acceptors (Lipinski definition) is 6. The minimum absolute atomic E-state index is 0.0124. The van der Waals surface area contributed by atoms with E-state index >= 15 is 0 Å². The molecule has 0 radical (unpaired) electrons. The summed E-state index contributed by atoms with van der Waals surface area (Å²) in [6, 6.07) is 11.8. The zero-order valence-corrected chi connectivity index (χ0v) is 18.6. The van der Waals surface area contributed by atoms with Crippen LogP contribution in [-0.2, 0) is 14.8 Å². The first-order valence-corrected chi connectivity index (χ1v) is 11.7. The quantitative estimate of drug-likeness (QED) is 0.443. The number of rotatable bonds is 8. The van der Waals surface area contributed by atoms with Gasteiger partial charge in [0.15, 0.2) is 0 Å². The molecule has 0 aliphatic carbocycles. The summed E-state index contributed by atoms with van der Waals surface area (Å²) in [5, 5.41) is 15.0. The van der Waals surface area contributed by atoms with Crippen molar-refractivity contribution in [3.05, 3.63) is 59.7 Å². The number of carbonyl (C=O) groups excluding carboxylic acids is 2. The average Bonchev–Trinajstić information content (AvgIpc) is 3.01. The zero-order chi connectivity index (χ0) is 23.3. The van der Waals surface area contributed by atoms with Gasteiger partial charge in [-0.3, -0.25) is 19.3 Å². The SMILES string of the molecule is CC(C)[C@H](N=C1NS(=O)(=O)c2ccccc21)C(=O)NCCCNC(=O)c1cccc(O)c1. The second-order valence-electron chi connectivity index (χ2n) is 7.72. The Balaban J connectivity index is 1.55. The summed E-state index contributed by atoms with van der Waals surface area (Å²) in [7, 11) is -3.68. The van der Waals surface area contributed by atoms with Crippen molar-refractivity contribution in [1.82, 2.24) is 15.4 Å². The van der Waals surface area contributed by atoms with E-state index in [4.69, 9.17) is 0 Å². The molecule has 3 rings (SSSR count). The molecule has 9 nitrogen and oxygen atoms in total. The normalized spacial score (nSPS) is 16.3. The maximum atomic E-state index is 12.7. The predicted molar refractivity (Wildman–Crippen MR) is 120 cm³/mol. The lowest BCUT2D eigenvalue weighted by Gasteiger charge is -2.17. The maximum absolute atomic E-state index is 12.7. The Kier molecular flexibility index (Phi) is 7.14. The van der Waals surface area contributed by atoms with E-state index in [1.807, 2.05) is 13.8 Å². The van der Waals surface area contributed by atoms with E-state index in [9.17, 15) is 23.1 Å². The number of hydrogen-bond donors (Lipinski definition) is 4. The lowest BCUT2D eigenvalue weighted by molar-refractivity contribution is -0.123. The first kappa shape index (κ1) is 23.3. The van der Waals surface area contributed by atoms with Crippen molar-refractivity contribution in [1.29, 1.82) is 0 Å². The minimum atomic E-state index is -3.68. The van der Waals surface area contributed by atoms with Gasteiger partial charge in [-0.2, -0.15) is 0 Å². The summed E-state index contributed by atoms with van der Waals surface area (Å²) in [5.41, 5.74) is 0.796. The molecular weight excluding hydrogens is 432 g/mol. The Labute approximate surface area is 187 Å². The molecule has 1 atom stereocenters. The number of amidine groups is 1. The number of carbonyl (C=O) groups is 2. The number of aliphatic imine (C=N–C) groups is 1. The standard InChI is InChI=1S/C22H26N4O5S/c1-14(2)19(25-20-17-9-3-4-10-18(17)32(30,31)26-20)22(29)24-12-6-11-23-21(28)15-7-5-8-16(27)13-15/h3-5,7-10,13-14,19,27H,6,11-12H2,1-2H3,(H,23,28)(H,24,29)(H,25,26)/t19-/m0/s1. The smallest absolute Gasteiger partial charge is 0.263 e. The largest absolute Gasteiger partial charge is 0.508 e. The van der Waals surface area contributed by atoms with Crippen molar-refractivity contribution in [2.75, 3.05) is 13.1 Å². The molecule has 32 heavy (non-hydrogen) atoms. The number of nitrogens with one attached hydrogen (secondary N) is 3. The van der Waals surface area contributed by atoms with Crippen LogP contribution in [0, 0.1) is 5.92 Å². The fraction of sp³-hybridized carbons (Fsp3) is 0.318. The summed E-state index contributed by atoms with van der Waals surface area (Å²) in [4.78, 5) is 29.3. The monoisotopic (exact) mass is 458 g/mol. The molecule has 2 amide bonds. The molecule has 0 saturated carbocycles. The predicted octanol–water partition coefficient (Wildman–Crippen LogP) is 1.39. The molecule has 1 aliphatic heterocycles. The summed E-state index contributed by atoms with van der Waals surface area (Å²) in [6.45, 7) is 4.32. The highest BCUT2D eigenvalue weighted by molar-refractivity contribution is 7.90. The van der Waals surface area contributed by atoms with Gasteiger partial charge in [0, 0.05) is 24.2 Å². The first-order valence-electron chi connectivity index (χ1n) is 10.2. The fourth-order valence-electron chi connectivity index (χ4n) is 3.23. The third-order valence-electron chi connectivity index (χ3n) is 4.88. The van der Waals surface area contributed by atoms with Crippen molar-refractivity contribution in [3.63, 3.8) is 0 Å². The van der Waals surface area contributed by atoms with Crippen LogP contribution in [0.1, 0.15) is 36.2 Å². The Morgan fingerprint density at radius 3 is 2.50 bits per heavy atom. The van der Waals surface area contributed by atoms with Crippen LogP contribution in [0.4, 0.5) is 0 Å². The van der Waals surface area contributed by atoms with E-state index in [0.717, 1.165) is 0 Å². The van der Waals surface area contributed by atoms with Crippen molar-refractivity contribution in [3.8, 4) is 5.75 Å². The molecular formula is C22H26N4O5S. The van der Waals surface area contributed by atoms with Gasteiger partial charge < -0.3 is 15.7 Å². The molecule has 2 aromatic carbocycles.